The van der Waals surface area contributed by atoms with Crippen molar-refractivity contribution in [3.8, 4) is 17.3 Å². The van der Waals surface area contributed by atoms with Crippen LogP contribution in [0.1, 0.15) is 65.1 Å². The standard InChI is InChI=1S/C44H51N11O5/c1-30-11-12-36(24-34(30)27-55(29-56)39-13-14-41(57)49-44(39)59)54-20-18-53(19-21-54)17-6-22-60-37-10-5-7-32(25-37)31(2)48-43(58)33-8-4-9-35(23-33)46-26-40-50-51-42(52(40)3)38-15-16-45-28-47-38/h4-5,7-12,15-16,23-25,28-29,31,39,46H,6,13-14,17-22,26-27H2,1-3H3,(H,48,58)(H,49,57,59)/t31-,39?/m1/s1. The molecule has 0 bridgehead atoms. The third kappa shape index (κ3) is 10.3. The summed E-state index contributed by atoms with van der Waals surface area (Å²) >= 11 is 0. The molecule has 7 rings (SSSR count). The Labute approximate surface area is 349 Å². The average Bonchev–Trinajstić information content (AvgIpc) is 3.64. The Morgan fingerprint density at radius 2 is 1.87 bits per heavy atom. The molecule has 0 radical (unpaired) electrons. The highest BCUT2D eigenvalue weighted by Crippen LogP contribution is 2.25. The zero-order chi connectivity index (χ0) is 42.0. The lowest BCUT2D eigenvalue weighted by atomic mass is 10.0. The number of piperidine rings is 1. The number of ether oxygens (including phenoxy) is 1. The highest BCUT2D eigenvalue weighted by molar-refractivity contribution is 6.00. The molecule has 2 atom stereocenters. The first-order valence-corrected chi connectivity index (χ1v) is 20.3. The van der Waals surface area contributed by atoms with Crippen molar-refractivity contribution in [3.05, 3.63) is 113 Å². The molecule has 16 nitrogen and oxygen atoms in total. The van der Waals surface area contributed by atoms with Crippen LogP contribution in [0.2, 0.25) is 0 Å². The van der Waals surface area contributed by atoms with E-state index in [1.54, 1.807) is 18.3 Å². The predicted molar refractivity (Wildman–Crippen MR) is 226 cm³/mol. The lowest BCUT2D eigenvalue weighted by Crippen LogP contribution is -2.51. The van der Waals surface area contributed by atoms with Crippen molar-refractivity contribution in [2.24, 2.45) is 7.05 Å². The zero-order valence-electron chi connectivity index (χ0n) is 34.2. The van der Waals surface area contributed by atoms with Crippen LogP contribution >= 0.6 is 0 Å². The first-order chi connectivity index (χ1) is 29.1. The van der Waals surface area contributed by atoms with E-state index in [9.17, 15) is 19.2 Å². The summed E-state index contributed by atoms with van der Waals surface area (Å²) in [5, 5.41) is 17.4. The molecular weight excluding hydrogens is 763 g/mol. The molecule has 2 fully saturated rings. The van der Waals surface area contributed by atoms with Gasteiger partial charge in [-0.1, -0.05) is 24.3 Å². The van der Waals surface area contributed by atoms with E-state index >= 15 is 0 Å². The molecule has 2 aliphatic rings. The lowest BCUT2D eigenvalue weighted by Gasteiger charge is -2.36. The molecule has 1 unspecified atom stereocenters. The molecule has 4 amide bonds. The third-order valence-electron chi connectivity index (χ3n) is 11.1. The number of carbonyl (C=O) groups is 4. The summed E-state index contributed by atoms with van der Waals surface area (Å²) < 4.78 is 8.03. The van der Waals surface area contributed by atoms with Crippen LogP contribution in [0, 0.1) is 6.92 Å². The summed E-state index contributed by atoms with van der Waals surface area (Å²) in [5.41, 5.74) is 6.07. The molecule has 3 aromatic carbocycles. The predicted octanol–water partition coefficient (Wildman–Crippen LogP) is 4.04. The first kappa shape index (κ1) is 41.5. The summed E-state index contributed by atoms with van der Waals surface area (Å²) in [5.74, 6) is 1.23. The number of nitrogens with one attached hydrogen (secondary N) is 3. The second-order valence-electron chi connectivity index (χ2n) is 15.2. The molecule has 3 N–H and O–H groups in total. The summed E-state index contributed by atoms with van der Waals surface area (Å²) in [6, 6.07) is 22.4. The van der Waals surface area contributed by atoms with Gasteiger partial charge in [0.05, 0.1) is 19.2 Å². The fourth-order valence-electron chi connectivity index (χ4n) is 7.50. The minimum atomic E-state index is -0.648. The van der Waals surface area contributed by atoms with Crippen molar-refractivity contribution in [1.29, 1.82) is 0 Å². The van der Waals surface area contributed by atoms with Crippen LogP contribution in [0.3, 0.4) is 0 Å². The smallest absolute Gasteiger partial charge is 0.251 e. The van der Waals surface area contributed by atoms with Crippen molar-refractivity contribution in [1.82, 2.24) is 45.2 Å². The van der Waals surface area contributed by atoms with Crippen molar-refractivity contribution in [3.63, 3.8) is 0 Å². The van der Waals surface area contributed by atoms with Gasteiger partial charge in [0.1, 0.15) is 23.8 Å². The molecule has 2 saturated heterocycles. The first-order valence-electron chi connectivity index (χ1n) is 20.3. The van der Waals surface area contributed by atoms with Crippen molar-refractivity contribution < 1.29 is 23.9 Å². The molecule has 60 heavy (non-hydrogen) atoms. The number of aryl methyl sites for hydroxylation is 1. The molecular formula is C44H51N11O5. The maximum atomic E-state index is 13.3. The lowest BCUT2D eigenvalue weighted by molar-refractivity contribution is -0.141. The molecule has 312 valence electrons. The van der Waals surface area contributed by atoms with Gasteiger partial charge in [-0.05, 0) is 91.9 Å². The summed E-state index contributed by atoms with van der Waals surface area (Å²) in [4.78, 5) is 63.8. The number of hydrogen-bond donors (Lipinski definition) is 3. The van der Waals surface area contributed by atoms with Gasteiger partial charge in [0, 0.05) is 75.9 Å². The second kappa shape index (κ2) is 19.4. The molecule has 4 heterocycles. The van der Waals surface area contributed by atoms with Crippen LogP contribution in [0.4, 0.5) is 11.4 Å². The van der Waals surface area contributed by atoms with Crippen molar-refractivity contribution in [2.45, 2.75) is 58.3 Å². The van der Waals surface area contributed by atoms with Gasteiger partial charge in [-0.2, -0.15) is 0 Å². The molecule has 2 aromatic heterocycles. The minimum Gasteiger partial charge on any atom is -0.494 e. The van der Waals surface area contributed by atoms with E-state index in [-0.39, 0.29) is 24.3 Å². The fourth-order valence-corrected chi connectivity index (χ4v) is 7.50. The SMILES string of the molecule is Cc1ccc(N2CCN(CCCOc3cccc([C@@H](C)NC(=O)c4cccc(NCc5nnc(-c6ccncn6)n5C)c4)c3)CC2)cc1CN(C=O)C1CCC(=O)NC1=O. The Balaban J connectivity index is 0.836. The minimum absolute atomic E-state index is 0.181. The average molecular weight is 814 g/mol. The topological polar surface area (TPSA) is 180 Å². The fraction of sp³-hybridized carbons (Fsp3) is 0.364. The third-order valence-corrected chi connectivity index (χ3v) is 11.1. The van der Waals surface area contributed by atoms with E-state index in [0.29, 0.717) is 49.6 Å². The van der Waals surface area contributed by atoms with Crippen molar-refractivity contribution >= 4 is 35.5 Å². The van der Waals surface area contributed by atoms with E-state index in [1.165, 1.54) is 11.2 Å². The van der Waals surface area contributed by atoms with Gasteiger partial charge in [0.15, 0.2) is 11.6 Å². The molecule has 2 aliphatic heterocycles. The number of aromatic nitrogens is 5. The number of nitrogens with zero attached hydrogens (tertiary/aromatic N) is 8. The van der Waals surface area contributed by atoms with Crippen LogP contribution < -0.4 is 25.6 Å². The van der Waals surface area contributed by atoms with Gasteiger partial charge in [0.25, 0.3) is 5.91 Å². The molecule has 0 saturated carbocycles. The van der Waals surface area contributed by atoms with Crippen LogP contribution in [0.5, 0.6) is 5.75 Å². The van der Waals surface area contributed by atoms with E-state index in [1.807, 2.05) is 67.9 Å². The Morgan fingerprint density at radius 3 is 2.65 bits per heavy atom. The summed E-state index contributed by atoms with van der Waals surface area (Å²) in [6.07, 6.45) is 5.28. The monoisotopic (exact) mass is 813 g/mol. The van der Waals surface area contributed by atoms with Gasteiger partial charge >= 0.3 is 0 Å². The number of rotatable bonds is 17. The van der Waals surface area contributed by atoms with Gasteiger partial charge < -0.3 is 29.7 Å². The maximum Gasteiger partial charge on any atom is 0.251 e. The highest BCUT2D eigenvalue weighted by atomic mass is 16.5. The summed E-state index contributed by atoms with van der Waals surface area (Å²) in [6.45, 7) is 9.74. The van der Waals surface area contributed by atoms with Gasteiger partial charge in [-0.25, -0.2) is 9.97 Å². The van der Waals surface area contributed by atoms with Crippen LogP contribution in [0.25, 0.3) is 11.5 Å². The number of hydrogen-bond acceptors (Lipinski definition) is 12. The number of benzene rings is 3. The van der Waals surface area contributed by atoms with E-state index in [0.717, 1.165) is 78.8 Å². The molecule has 0 aliphatic carbocycles. The quantitative estimate of drug-likeness (QED) is 0.0699. The number of imide groups is 1. The Morgan fingerprint density at radius 1 is 1.03 bits per heavy atom. The van der Waals surface area contributed by atoms with Gasteiger partial charge in [-0.15, -0.1) is 10.2 Å². The van der Waals surface area contributed by atoms with Gasteiger partial charge in [0.2, 0.25) is 18.2 Å². The normalized spacial score (nSPS) is 16.2. The Hall–Kier alpha value is -6.68. The van der Waals surface area contributed by atoms with Crippen LogP contribution in [-0.2, 0) is 34.5 Å². The number of piperazine rings is 1. The van der Waals surface area contributed by atoms with E-state index < -0.39 is 11.9 Å². The van der Waals surface area contributed by atoms with Crippen molar-refractivity contribution in [2.75, 3.05) is 49.5 Å². The molecule has 16 heteroatoms. The van der Waals surface area contributed by atoms with Crippen LogP contribution in [0.15, 0.2) is 85.3 Å². The number of amides is 4. The number of anilines is 2. The highest BCUT2D eigenvalue weighted by Gasteiger charge is 2.31. The van der Waals surface area contributed by atoms with Gasteiger partial charge in [-0.3, -0.25) is 29.4 Å². The van der Waals surface area contributed by atoms with Crippen LogP contribution in [-0.4, -0.2) is 104 Å². The summed E-state index contributed by atoms with van der Waals surface area (Å²) in [7, 11) is 1.89. The Kier molecular flexibility index (Phi) is 13.4. The zero-order valence-corrected chi connectivity index (χ0v) is 34.2. The number of carbonyl (C=O) groups excluding carboxylic acids is 4. The van der Waals surface area contributed by atoms with E-state index in [4.69, 9.17) is 4.74 Å². The molecule has 0 spiro atoms. The molecule has 5 aromatic rings. The van der Waals surface area contributed by atoms with E-state index in [2.05, 4.69) is 64.1 Å². The largest absolute Gasteiger partial charge is 0.494 e. The second-order valence-corrected chi connectivity index (χ2v) is 15.2. The Bertz CT molecular complexity index is 2290. The maximum absolute atomic E-state index is 13.3.